The largest absolute Gasteiger partial charge is 0.327 e. The van der Waals surface area contributed by atoms with E-state index in [4.69, 9.17) is 5.73 Å². The van der Waals surface area contributed by atoms with Crippen molar-refractivity contribution in [2.75, 3.05) is 0 Å². The molecule has 0 aliphatic rings. The predicted octanol–water partition coefficient (Wildman–Crippen LogP) is 4.88. The molecule has 2 rings (SSSR count). The van der Waals surface area contributed by atoms with Crippen molar-refractivity contribution in [3.63, 3.8) is 0 Å². The Morgan fingerprint density at radius 3 is 2.37 bits per heavy atom. The third kappa shape index (κ3) is 4.10. The lowest BCUT2D eigenvalue weighted by atomic mass is 10.1. The Labute approximate surface area is 127 Å². The first-order valence-electron chi connectivity index (χ1n) is 6.46. The van der Waals surface area contributed by atoms with E-state index < -0.39 is 0 Å². The van der Waals surface area contributed by atoms with Crippen LogP contribution in [0.5, 0.6) is 0 Å². The smallest absolute Gasteiger partial charge is 0.0314 e. The minimum absolute atomic E-state index is 0.237. The highest BCUT2D eigenvalue weighted by molar-refractivity contribution is 9.10. The molecular weight excluding hydrogens is 318 g/mol. The number of halogens is 1. The van der Waals surface area contributed by atoms with Crippen molar-refractivity contribution in [1.29, 1.82) is 0 Å². The summed E-state index contributed by atoms with van der Waals surface area (Å²) in [7, 11) is 0. The van der Waals surface area contributed by atoms with Crippen molar-refractivity contribution in [3.8, 4) is 0 Å². The van der Waals surface area contributed by atoms with Crippen molar-refractivity contribution in [2.24, 2.45) is 5.73 Å². The molecule has 100 valence electrons. The average molecular weight is 336 g/mol. The minimum atomic E-state index is 0.237. The molecule has 1 nitrogen and oxygen atoms in total. The summed E-state index contributed by atoms with van der Waals surface area (Å²) in [5, 5.41) is 0. The van der Waals surface area contributed by atoms with Crippen LogP contribution in [0, 0.1) is 0 Å². The summed E-state index contributed by atoms with van der Waals surface area (Å²) >= 11 is 5.39. The summed E-state index contributed by atoms with van der Waals surface area (Å²) in [5.41, 5.74) is 7.41. The monoisotopic (exact) mass is 335 g/mol. The first-order chi connectivity index (χ1) is 9.20. The molecule has 2 N–H and O–H groups in total. The topological polar surface area (TPSA) is 26.0 Å². The van der Waals surface area contributed by atoms with Gasteiger partial charge >= 0.3 is 0 Å². The third-order valence-corrected chi connectivity index (χ3v) is 5.18. The highest BCUT2D eigenvalue weighted by Crippen LogP contribution is 2.35. The van der Waals surface area contributed by atoms with Crippen molar-refractivity contribution >= 4 is 27.7 Å². The van der Waals surface area contributed by atoms with Gasteiger partial charge in [0.2, 0.25) is 0 Å². The Balaban J connectivity index is 2.23. The number of benzene rings is 2. The molecule has 0 fully saturated rings. The average Bonchev–Trinajstić information content (AvgIpc) is 2.43. The molecule has 0 saturated carbocycles. The fraction of sp³-hybridized carbons (Fsp3) is 0.250. The Hall–Kier alpha value is -0.770. The fourth-order valence-electron chi connectivity index (χ4n) is 1.84. The molecular formula is C16H18BrNS. The number of rotatable bonds is 5. The van der Waals surface area contributed by atoms with E-state index in [1.165, 1.54) is 15.4 Å². The summed E-state index contributed by atoms with van der Waals surface area (Å²) in [6, 6.07) is 17.0. The standard InChI is InChI=1S/C16H18BrNS/c1-2-13(18)11-12-7-3-5-9-15(12)19-16-10-6-4-8-14(16)17/h3-10,13H,2,11,18H2,1H3. The summed E-state index contributed by atoms with van der Waals surface area (Å²) in [4.78, 5) is 2.53. The van der Waals surface area contributed by atoms with Crippen LogP contribution in [0.1, 0.15) is 18.9 Å². The van der Waals surface area contributed by atoms with E-state index in [0.29, 0.717) is 0 Å². The quantitative estimate of drug-likeness (QED) is 0.842. The van der Waals surface area contributed by atoms with Gasteiger partial charge in [0.25, 0.3) is 0 Å². The number of nitrogens with two attached hydrogens (primary N) is 1. The molecule has 0 radical (unpaired) electrons. The minimum Gasteiger partial charge on any atom is -0.327 e. The molecule has 0 bridgehead atoms. The lowest BCUT2D eigenvalue weighted by Crippen LogP contribution is -2.21. The van der Waals surface area contributed by atoms with E-state index in [0.717, 1.165) is 17.3 Å². The molecule has 19 heavy (non-hydrogen) atoms. The Morgan fingerprint density at radius 2 is 1.68 bits per heavy atom. The summed E-state index contributed by atoms with van der Waals surface area (Å²) in [6.07, 6.45) is 1.94. The summed E-state index contributed by atoms with van der Waals surface area (Å²) in [6.45, 7) is 2.13. The van der Waals surface area contributed by atoms with Gasteiger partial charge in [-0.2, -0.15) is 0 Å². The molecule has 0 heterocycles. The van der Waals surface area contributed by atoms with E-state index in [2.05, 4.69) is 65.3 Å². The highest BCUT2D eigenvalue weighted by Gasteiger charge is 2.09. The second kappa shape index (κ2) is 7.13. The lowest BCUT2D eigenvalue weighted by Gasteiger charge is -2.13. The molecule has 2 aromatic rings. The van der Waals surface area contributed by atoms with E-state index in [1.54, 1.807) is 11.8 Å². The van der Waals surface area contributed by atoms with Gasteiger partial charge in [-0.1, -0.05) is 49.0 Å². The molecule has 0 aliphatic carbocycles. The van der Waals surface area contributed by atoms with Crippen LogP contribution in [0.25, 0.3) is 0 Å². The zero-order valence-electron chi connectivity index (χ0n) is 11.0. The molecule has 1 unspecified atom stereocenters. The Kier molecular flexibility index (Phi) is 5.49. The van der Waals surface area contributed by atoms with Crippen molar-refractivity contribution < 1.29 is 0 Å². The van der Waals surface area contributed by atoms with Crippen LogP contribution in [0.2, 0.25) is 0 Å². The van der Waals surface area contributed by atoms with Crippen molar-refractivity contribution in [3.05, 3.63) is 58.6 Å². The summed E-state index contributed by atoms with van der Waals surface area (Å²) < 4.78 is 1.13. The van der Waals surface area contributed by atoms with Gasteiger partial charge < -0.3 is 5.73 Å². The van der Waals surface area contributed by atoms with E-state index in [1.807, 2.05) is 6.07 Å². The Morgan fingerprint density at radius 1 is 1.05 bits per heavy atom. The van der Waals surface area contributed by atoms with Gasteiger partial charge in [-0.05, 0) is 52.5 Å². The van der Waals surface area contributed by atoms with Crippen LogP contribution in [0.3, 0.4) is 0 Å². The van der Waals surface area contributed by atoms with Crippen LogP contribution < -0.4 is 5.73 Å². The van der Waals surface area contributed by atoms with Gasteiger partial charge in [0.05, 0.1) is 0 Å². The highest BCUT2D eigenvalue weighted by atomic mass is 79.9. The van der Waals surface area contributed by atoms with E-state index in [-0.39, 0.29) is 6.04 Å². The molecule has 0 spiro atoms. The molecule has 0 amide bonds. The van der Waals surface area contributed by atoms with Crippen LogP contribution in [0.4, 0.5) is 0 Å². The zero-order valence-corrected chi connectivity index (χ0v) is 13.4. The van der Waals surface area contributed by atoms with E-state index >= 15 is 0 Å². The molecule has 0 aliphatic heterocycles. The number of hydrogen-bond acceptors (Lipinski definition) is 2. The number of hydrogen-bond donors (Lipinski definition) is 1. The van der Waals surface area contributed by atoms with Gasteiger partial charge in [0.15, 0.2) is 0 Å². The predicted molar refractivity (Wildman–Crippen MR) is 86.7 cm³/mol. The van der Waals surface area contributed by atoms with Crippen LogP contribution in [-0.4, -0.2) is 6.04 Å². The van der Waals surface area contributed by atoms with Gasteiger partial charge in [-0.3, -0.25) is 0 Å². The zero-order chi connectivity index (χ0) is 13.7. The summed E-state index contributed by atoms with van der Waals surface area (Å²) in [5.74, 6) is 0. The molecule has 0 aromatic heterocycles. The normalized spacial score (nSPS) is 12.4. The molecule has 3 heteroatoms. The fourth-order valence-corrected chi connectivity index (χ4v) is 3.35. The van der Waals surface area contributed by atoms with Crippen molar-refractivity contribution in [1.82, 2.24) is 0 Å². The molecule has 0 saturated heterocycles. The van der Waals surface area contributed by atoms with Gasteiger partial charge in [0.1, 0.15) is 0 Å². The van der Waals surface area contributed by atoms with Crippen LogP contribution >= 0.6 is 27.7 Å². The second-order valence-corrected chi connectivity index (χ2v) is 6.45. The van der Waals surface area contributed by atoms with Gasteiger partial charge in [-0.25, -0.2) is 0 Å². The van der Waals surface area contributed by atoms with E-state index in [9.17, 15) is 0 Å². The van der Waals surface area contributed by atoms with Crippen LogP contribution in [0.15, 0.2) is 62.8 Å². The third-order valence-electron chi connectivity index (χ3n) is 3.04. The van der Waals surface area contributed by atoms with Crippen LogP contribution in [-0.2, 0) is 6.42 Å². The maximum Gasteiger partial charge on any atom is 0.0314 e. The maximum absolute atomic E-state index is 6.08. The first kappa shape index (κ1) is 14.6. The Bertz CT molecular complexity index is 542. The molecule has 2 aromatic carbocycles. The van der Waals surface area contributed by atoms with Crippen molar-refractivity contribution in [2.45, 2.75) is 35.6 Å². The molecule has 1 atom stereocenters. The van der Waals surface area contributed by atoms with Gasteiger partial charge in [-0.15, -0.1) is 0 Å². The maximum atomic E-state index is 6.08. The first-order valence-corrected chi connectivity index (χ1v) is 8.07. The lowest BCUT2D eigenvalue weighted by molar-refractivity contribution is 0.641. The second-order valence-electron chi connectivity index (χ2n) is 4.51. The van der Waals surface area contributed by atoms with Gasteiger partial charge in [0, 0.05) is 20.3 Å². The SMILES string of the molecule is CCC(N)Cc1ccccc1Sc1ccccc1Br.